The van der Waals surface area contributed by atoms with Crippen LogP contribution in [-0.4, -0.2) is 15.9 Å². The predicted octanol–water partition coefficient (Wildman–Crippen LogP) is 3.45. The van der Waals surface area contributed by atoms with Crippen LogP contribution >= 0.6 is 15.9 Å². The molecule has 0 aliphatic rings. The molecule has 2 rings (SSSR count). The molecular weight excluding hydrogens is 347 g/mol. The van der Waals surface area contributed by atoms with Crippen LogP contribution in [-0.2, 0) is 0 Å². The molecule has 0 bridgehead atoms. The highest BCUT2D eigenvalue weighted by Gasteiger charge is 2.16. The van der Waals surface area contributed by atoms with Crippen molar-refractivity contribution >= 4 is 33.2 Å². The average Bonchev–Trinajstić information content (AvgIpc) is 2.41. The molecule has 0 spiro atoms. The zero-order valence-corrected chi connectivity index (χ0v) is 11.9. The Kier molecular flexibility index (Phi) is 4.18. The molecule has 0 aromatic heterocycles. The van der Waals surface area contributed by atoms with E-state index in [-0.39, 0.29) is 11.3 Å². The Hall–Kier alpha value is -2.48. The molecule has 0 saturated heterocycles. The number of carbonyl (C=O) groups excluding carboxylic acids is 1. The number of hydrogen-bond donors (Lipinski definition) is 2. The number of aromatic hydroxyl groups is 1. The molecule has 108 valence electrons. The monoisotopic (exact) mass is 354 g/mol. The largest absolute Gasteiger partial charge is 0.502 e. The number of hydrogen-bond acceptors (Lipinski definition) is 4. The Balaban J connectivity index is 2.24. The van der Waals surface area contributed by atoms with Gasteiger partial charge in [0.25, 0.3) is 5.91 Å². The summed E-state index contributed by atoms with van der Waals surface area (Å²) in [6.45, 7) is 0. The van der Waals surface area contributed by atoms with Crippen LogP contribution in [0.2, 0.25) is 0 Å². The van der Waals surface area contributed by atoms with Gasteiger partial charge >= 0.3 is 5.69 Å². The standard InChI is InChI=1S/C13H8BrFN2O4/c14-8-2-3-10(9(15)6-8)16-13(19)7-1-4-11(17(20)21)12(18)5-7/h1-6,18H,(H,16,19). The Morgan fingerprint density at radius 1 is 1.29 bits per heavy atom. The van der Waals surface area contributed by atoms with E-state index in [2.05, 4.69) is 21.2 Å². The molecule has 0 aliphatic heterocycles. The molecule has 0 unspecified atom stereocenters. The third-order valence-corrected chi connectivity index (χ3v) is 3.11. The lowest BCUT2D eigenvalue weighted by Crippen LogP contribution is -2.13. The van der Waals surface area contributed by atoms with Crippen LogP contribution in [0.1, 0.15) is 10.4 Å². The molecule has 0 saturated carbocycles. The third kappa shape index (κ3) is 3.34. The number of halogens is 2. The van der Waals surface area contributed by atoms with Gasteiger partial charge in [0.2, 0.25) is 0 Å². The van der Waals surface area contributed by atoms with Crippen molar-refractivity contribution < 1.29 is 19.2 Å². The minimum Gasteiger partial charge on any atom is -0.502 e. The van der Waals surface area contributed by atoms with Crippen LogP contribution in [0.5, 0.6) is 5.75 Å². The number of anilines is 1. The first-order chi connectivity index (χ1) is 9.88. The summed E-state index contributed by atoms with van der Waals surface area (Å²) in [4.78, 5) is 21.7. The van der Waals surface area contributed by atoms with Crippen LogP contribution in [0.25, 0.3) is 0 Å². The van der Waals surface area contributed by atoms with E-state index in [0.29, 0.717) is 4.47 Å². The minimum atomic E-state index is -0.772. The number of nitrogens with one attached hydrogen (secondary N) is 1. The van der Waals surface area contributed by atoms with Crippen molar-refractivity contribution in [3.8, 4) is 5.75 Å². The zero-order valence-electron chi connectivity index (χ0n) is 10.3. The van der Waals surface area contributed by atoms with Gasteiger partial charge in [0.05, 0.1) is 10.6 Å². The van der Waals surface area contributed by atoms with E-state index in [1.165, 1.54) is 18.2 Å². The highest BCUT2D eigenvalue weighted by atomic mass is 79.9. The van der Waals surface area contributed by atoms with Crippen LogP contribution in [0.15, 0.2) is 40.9 Å². The first kappa shape index (κ1) is 14.9. The molecule has 0 fully saturated rings. The molecule has 21 heavy (non-hydrogen) atoms. The Bertz CT molecular complexity index is 736. The van der Waals surface area contributed by atoms with E-state index in [4.69, 9.17) is 0 Å². The summed E-state index contributed by atoms with van der Waals surface area (Å²) in [5, 5.41) is 22.3. The molecule has 0 radical (unpaired) electrons. The van der Waals surface area contributed by atoms with Gasteiger partial charge < -0.3 is 10.4 Å². The number of benzene rings is 2. The summed E-state index contributed by atoms with van der Waals surface area (Å²) < 4.78 is 14.1. The molecule has 0 aliphatic carbocycles. The van der Waals surface area contributed by atoms with Crippen LogP contribution < -0.4 is 5.32 Å². The summed E-state index contributed by atoms with van der Waals surface area (Å²) in [6, 6.07) is 7.22. The normalized spacial score (nSPS) is 10.2. The quantitative estimate of drug-likeness (QED) is 0.652. The molecule has 8 heteroatoms. The van der Waals surface area contributed by atoms with E-state index in [1.807, 2.05) is 0 Å². The van der Waals surface area contributed by atoms with Crippen LogP contribution in [0.3, 0.4) is 0 Å². The van der Waals surface area contributed by atoms with Crippen molar-refractivity contribution in [1.82, 2.24) is 0 Å². The summed E-state index contributed by atoms with van der Waals surface area (Å²) >= 11 is 3.09. The number of rotatable bonds is 3. The molecule has 2 N–H and O–H groups in total. The molecular formula is C13H8BrFN2O4. The number of nitro benzene ring substituents is 1. The lowest BCUT2D eigenvalue weighted by molar-refractivity contribution is -0.385. The fourth-order valence-electron chi connectivity index (χ4n) is 1.60. The van der Waals surface area contributed by atoms with E-state index in [0.717, 1.165) is 12.1 Å². The number of amides is 1. The Labute approximate surface area is 126 Å². The van der Waals surface area contributed by atoms with E-state index < -0.39 is 28.1 Å². The molecule has 0 heterocycles. The van der Waals surface area contributed by atoms with Crippen molar-refractivity contribution in [1.29, 1.82) is 0 Å². The SMILES string of the molecule is O=C(Nc1ccc(Br)cc1F)c1ccc([N+](=O)[O-])c(O)c1. The lowest BCUT2D eigenvalue weighted by Gasteiger charge is -2.07. The van der Waals surface area contributed by atoms with Gasteiger partial charge in [0.1, 0.15) is 5.82 Å². The highest BCUT2D eigenvalue weighted by molar-refractivity contribution is 9.10. The predicted molar refractivity (Wildman–Crippen MR) is 76.8 cm³/mol. The molecule has 2 aromatic carbocycles. The summed E-state index contributed by atoms with van der Waals surface area (Å²) in [5.41, 5.74) is -0.581. The van der Waals surface area contributed by atoms with Gasteiger partial charge in [-0.3, -0.25) is 14.9 Å². The van der Waals surface area contributed by atoms with E-state index in [9.17, 15) is 24.4 Å². The first-order valence-corrected chi connectivity index (χ1v) is 6.41. The number of nitro groups is 1. The van der Waals surface area contributed by atoms with Gasteiger partial charge in [-0.25, -0.2) is 4.39 Å². The molecule has 1 amide bonds. The smallest absolute Gasteiger partial charge is 0.310 e. The van der Waals surface area contributed by atoms with Gasteiger partial charge in [-0.05, 0) is 30.3 Å². The summed E-state index contributed by atoms with van der Waals surface area (Å²) in [6.07, 6.45) is 0. The second-order valence-corrected chi connectivity index (χ2v) is 4.95. The maximum absolute atomic E-state index is 13.6. The maximum atomic E-state index is 13.6. The summed E-state index contributed by atoms with van der Waals surface area (Å²) in [5.74, 6) is -1.96. The fraction of sp³-hybridized carbons (Fsp3) is 0. The van der Waals surface area contributed by atoms with Gasteiger partial charge in [0, 0.05) is 16.1 Å². The van der Waals surface area contributed by atoms with Gasteiger partial charge in [-0.2, -0.15) is 0 Å². The van der Waals surface area contributed by atoms with Gasteiger partial charge in [-0.15, -0.1) is 0 Å². The van der Waals surface area contributed by atoms with Crippen molar-refractivity contribution in [2.45, 2.75) is 0 Å². The highest BCUT2D eigenvalue weighted by Crippen LogP contribution is 2.27. The van der Waals surface area contributed by atoms with Crippen LogP contribution in [0.4, 0.5) is 15.8 Å². The maximum Gasteiger partial charge on any atom is 0.310 e. The number of phenolic OH excluding ortho intramolecular Hbond substituents is 1. The first-order valence-electron chi connectivity index (χ1n) is 5.62. The minimum absolute atomic E-state index is 0.0274. The second kappa shape index (κ2) is 5.88. The van der Waals surface area contributed by atoms with Crippen molar-refractivity contribution in [3.05, 3.63) is 62.4 Å². The van der Waals surface area contributed by atoms with Gasteiger partial charge in [-0.1, -0.05) is 15.9 Å². The number of carbonyl (C=O) groups is 1. The van der Waals surface area contributed by atoms with Crippen LogP contribution in [0, 0.1) is 15.9 Å². The summed E-state index contributed by atoms with van der Waals surface area (Å²) in [7, 11) is 0. The molecule has 6 nitrogen and oxygen atoms in total. The van der Waals surface area contributed by atoms with Gasteiger partial charge in [0.15, 0.2) is 5.75 Å². The Morgan fingerprint density at radius 2 is 2.00 bits per heavy atom. The number of nitrogens with zero attached hydrogens (tertiary/aromatic N) is 1. The Morgan fingerprint density at radius 3 is 2.57 bits per heavy atom. The van der Waals surface area contributed by atoms with Crippen molar-refractivity contribution in [2.24, 2.45) is 0 Å². The van der Waals surface area contributed by atoms with E-state index in [1.54, 1.807) is 6.07 Å². The molecule has 2 aromatic rings. The average molecular weight is 355 g/mol. The number of phenols is 1. The van der Waals surface area contributed by atoms with Crippen molar-refractivity contribution in [2.75, 3.05) is 5.32 Å². The third-order valence-electron chi connectivity index (χ3n) is 2.61. The van der Waals surface area contributed by atoms with Crippen molar-refractivity contribution in [3.63, 3.8) is 0 Å². The van der Waals surface area contributed by atoms with E-state index >= 15 is 0 Å². The molecule has 0 atom stereocenters. The topological polar surface area (TPSA) is 92.5 Å². The lowest BCUT2D eigenvalue weighted by atomic mass is 10.1. The zero-order chi connectivity index (χ0) is 15.6. The fourth-order valence-corrected chi connectivity index (χ4v) is 1.94. The second-order valence-electron chi connectivity index (χ2n) is 4.04.